The number of aliphatic hydroxyl groups is 1. The molecule has 0 saturated carbocycles. The first-order chi connectivity index (χ1) is 17.5. The molecule has 0 aromatic heterocycles. The molecule has 36 heavy (non-hydrogen) atoms. The van der Waals surface area contributed by atoms with Gasteiger partial charge in [0, 0.05) is 6.54 Å². The van der Waals surface area contributed by atoms with Gasteiger partial charge in [0.15, 0.2) is 11.5 Å². The van der Waals surface area contributed by atoms with Crippen LogP contribution < -0.4 is 14.2 Å². The van der Waals surface area contributed by atoms with Crippen LogP contribution >= 0.6 is 0 Å². The first kappa shape index (κ1) is 24.9. The lowest BCUT2D eigenvalue weighted by atomic mass is 9.94. The second-order valence-corrected chi connectivity index (χ2v) is 8.38. The molecule has 1 N–H and O–H groups in total. The highest BCUT2D eigenvalue weighted by Gasteiger charge is 2.46. The fraction of sp³-hybridized carbons (Fsp3) is 0.241. The maximum atomic E-state index is 13.2. The Balaban J connectivity index is 1.82. The molecule has 3 aromatic rings. The van der Waals surface area contributed by atoms with E-state index in [9.17, 15) is 14.7 Å². The van der Waals surface area contributed by atoms with Crippen LogP contribution in [0.5, 0.6) is 17.2 Å². The van der Waals surface area contributed by atoms with Crippen molar-refractivity contribution in [3.05, 3.63) is 95.1 Å². The van der Waals surface area contributed by atoms with E-state index in [1.807, 2.05) is 37.3 Å². The Hall–Kier alpha value is -4.26. The Morgan fingerprint density at radius 2 is 1.58 bits per heavy atom. The van der Waals surface area contributed by atoms with Gasteiger partial charge in [-0.1, -0.05) is 55.5 Å². The summed E-state index contributed by atoms with van der Waals surface area (Å²) in [6.07, 6.45) is 0.645. The smallest absolute Gasteiger partial charge is 0.295 e. The van der Waals surface area contributed by atoms with Gasteiger partial charge in [-0.25, -0.2) is 0 Å². The Labute approximate surface area is 210 Å². The zero-order valence-corrected chi connectivity index (χ0v) is 20.6. The number of carbonyl (C=O) groups excluding carboxylic acids is 2. The molecule has 7 heteroatoms. The molecular weight excluding hydrogens is 458 g/mol. The maximum absolute atomic E-state index is 13.2. The van der Waals surface area contributed by atoms with Crippen molar-refractivity contribution in [2.45, 2.75) is 26.0 Å². The van der Waals surface area contributed by atoms with E-state index in [0.29, 0.717) is 47.9 Å². The summed E-state index contributed by atoms with van der Waals surface area (Å²) in [5.74, 6) is -0.278. The monoisotopic (exact) mass is 487 g/mol. The number of methoxy groups -OCH3 is 2. The highest BCUT2D eigenvalue weighted by molar-refractivity contribution is 6.46. The van der Waals surface area contributed by atoms with Crippen molar-refractivity contribution < 1.29 is 28.9 Å². The highest BCUT2D eigenvalue weighted by atomic mass is 16.5. The number of likely N-dealkylation sites (tertiary alicyclic amines) is 1. The van der Waals surface area contributed by atoms with Crippen LogP contribution in [-0.4, -0.2) is 42.5 Å². The summed E-state index contributed by atoms with van der Waals surface area (Å²) in [5, 5.41) is 11.3. The van der Waals surface area contributed by atoms with Crippen molar-refractivity contribution in [1.29, 1.82) is 0 Å². The van der Waals surface area contributed by atoms with Crippen LogP contribution in [0.2, 0.25) is 0 Å². The van der Waals surface area contributed by atoms with Gasteiger partial charge in [0.1, 0.15) is 18.1 Å². The Morgan fingerprint density at radius 3 is 2.28 bits per heavy atom. The first-order valence-electron chi connectivity index (χ1n) is 11.8. The van der Waals surface area contributed by atoms with Crippen LogP contribution in [0.1, 0.15) is 36.1 Å². The molecule has 0 spiro atoms. The van der Waals surface area contributed by atoms with Gasteiger partial charge >= 0.3 is 0 Å². The molecule has 1 fully saturated rings. The standard InChI is InChI=1S/C29H29NO6/c1-4-16-30-26(25(28(32)29(30)33)27(31)21-12-8-9-13-22(21)34-2)20-14-15-23(35-3)24(17-20)36-18-19-10-6-5-7-11-19/h5-15,17,26,31H,4,16,18H2,1-3H3/b27-25-. The lowest BCUT2D eigenvalue weighted by molar-refractivity contribution is -0.139. The molecule has 1 amide bonds. The van der Waals surface area contributed by atoms with Crippen molar-refractivity contribution in [1.82, 2.24) is 4.90 Å². The molecule has 3 aromatic carbocycles. The van der Waals surface area contributed by atoms with Gasteiger partial charge in [-0.2, -0.15) is 0 Å². The predicted octanol–water partition coefficient (Wildman–Crippen LogP) is 5.11. The quantitative estimate of drug-likeness (QED) is 0.256. The first-order valence-corrected chi connectivity index (χ1v) is 11.8. The fourth-order valence-corrected chi connectivity index (χ4v) is 4.39. The number of hydrogen-bond acceptors (Lipinski definition) is 6. The zero-order chi connectivity index (χ0) is 25.7. The van der Waals surface area contributed by atoms with E-state index in [2.05, 4.69) is 0 Å². The van der Waals surface area contributed by atoms with Crippen LogP contribution in [-0.2, 0) is 16.2 Å². The van der Waals surface area contributed by atoms with Gasteiger partial charge in [0.05, 0.1) is 31.4 Å². The number of aliphatic hydroxyl groups excluding tert-OH is 1. The number of ketones is 1. The van der Waals surface area contributed by atoms with Gasteiger partial charge in [-0.15, -0.1) is 0 Å². The third-order valence-electron chi connectivity index (χ3n) is 6.11. The number of hydrogen-bond donors (Lipinski definition) is 1. The van der Waals surface area contributed by atoms with E-state index in [0.717, 1.165) is 5.56 Å². The zero-order valence-electron chi connectivity index (χ0n) is 20.6. The number of ether oxygens (including phenoxy) is 3. The number of para-hydroxylation sites is 1. The minimum atomic E-state index is -0.792. The minimum Gasteiger partial charge on any atom is -0.507 e. The average molecular weight is 488 g/mol. The summed E-state index contributed by atoms with van der Waals surface area (Å²) < 4.78 is 16.9. The van der Waals surface area contributed by atoms with Crippen LogP contribution in [0.4, 0.5) is 0 Å². The van der Waals surface area contributed by atoms with Crippen molar-refractivity contribution in [2.75, 3.05) is 20.8 Å². The molecule has 1 atom stereocenters. The topological polar surface area (TPSA) is 85.3 Å². The lowest BCUT2D eigenvalue weighted by Crippen LogP contribution is -2.30. The molecule has 1 aliphatic rings. The molecule has 186 valence electrons. The van der Waals surface area contributed by atoms with Crippen LogP contribution in [0, 0.1) is 0 Å². The number of Topliss-reactive ketones (excluding diaryl/α,β-unsaturated/α-hetero) is 1. The van der Waals surface area contributed by atoms with E-state index in [4.69, 9.17) is 14.2 Å². The maximum Gasteiger partial charge on any atom is 0.295 e. The molecule has 7 nitrogen and oxygen atoms in total. The highest BCUT2D eigenvalue weighted by Crippen LogP contribution is 2.43. The third kappa shape index (κ3) is 4.77. The SMILES string of the molecule is CCCN1C(=O)C(=O)/C(=C(\O)c2ccccc2OC)C1c1ccc(OC)c(OCc2ccccc2)c1. The fourth-order valence-electron chi connectivity index (χ4n) is 4.39. The number of amides is 1. The van der Waals surface area contributed by atoms with Gasteiger partial charge < -0.3 is 24.2 Å². The van der Waals surface area contributed by atoms with Crippen molar-refractivity contribution in [3.8, 4) is 17.2 Å². The Kier molecular flexibility index (Phi) is 7.59. The minimum absolute atomic E-state index is 0.0112. The Morgan fingerprint density at radius 1 is 0.889 bits per heavy atom. The summed E-state index contributed by atoms with van der Waals surface area (Å²) in [4.78, 5) is 27.7. The molecule has 1 aliphatic heterocycles. The van der Waals surface area contributed by atoms with Crippen LogP contribution in [0.3, 0.4) is 0 Å². The van der Waals surface area contributed by atoms with Crippen LogP contribution in [0.15, 0.2) is 78.4 Å². The van der Waals surface area contributed by atoms with Gasteiger partial charge in [-0.3, -0.25) is 9.59 Å². The van der Waals surface area contributed by atoms with Crippen LogP contribution in [0.25, 0.3) is 5.76 Å². The molecule has 4 rings (SSSR count). The van der Waals surface area contributed by atoms with Crippen molar-refractivity contribution in [3.63, 3.8) is 0 Å². The molecular formula is C29H29NO6. The third-order valence-corrected chi connectivity index (χ3v) is 6.11. The average Bonchev–Trinajstić information content (AvgIpc) is 3.17. The summed E-state index contributed by atoms with van der Waals surface area (Å²) in [5.41, 5.74) is 1.96. The largest absolute Gasteiger partial charge is 0.507 e. The van der Waals surface area contributed by atoms with E-state index in [1.165, 1.54) is 12.0 Å². The van der Waals surface area contributed by atoms with Gasteiger partial charge in [0.25, 0.3) is 11.7 Å². The number of carbonyl (C=O) groups is 2. The molecule has 1 saturated heterocycles. The summed E-state index contributed by atoms with van der Waals surface area (Å²) in [7, 11) is 3.04. The van der Waals surface area contributed by atoms with E-state index < -0.39 is 17.7 Å². The van der Waals surface area contributed by atoms with E-state index in [1.54, 1.807) is 49.6 Å². The lowest BCUT2D eigenvalue weighted by Gasteiger charge is -2.25. The molecule has 0 bridgehead atoms. The van der Waals surface area contributed by atoms with Crippen molar-refractivity contribution >= 4 is 17.4 Å². The Bertz CT molecular complexity index is 1280. The molecule has 1 heterocycles. The van der Waals surface area contributed by atoms with Gasteiger partial charge in [0.2, 0.25) is 0 Å². The molecule has 0 radical (unpaired) electrons. The summed E-state index contributed by atoms with van der Waals surface area (Å²) >= 11 is 0. The number of benzene rings is 3. The number of nitrogens with zero attached hydrogens (tertiary/aromatic N) is 1. The summed E-state index contributed by atoms with van der Waals surface area (Å²) in [6, 6.07) is 21.0. The molecule has 1 unspecified atom stereocenters. The van der Waals surface area contributed by atoms with Gasteiger partial charge in [-0.05, 0) is 41.8 Å². The van der Waals surface area contributed by atoms with E-state index in [-0.39, 0.29) is 11.3 Å². The molecule has 0 aliphatic carbocycles. The van der Waals surface area contributed by atoms with E-state index >= 15 is 0 Å². The predicted molar refractivity (Wildman–Crippen MR) is 136 cm³/mol. The second-order valence-electron chi connectivity index (χ2n) is 8.38. The second kappa shape index (κ2) is 11.0. The summed E-state index contributed by atoms with van der Waals surface area (Å²) in [6.45, 7) is 2.60. The number of rotatable bonds is 9. The normalized spacial score (nSPS) is 16.8. The van der Waals surface area contributed by atoms with Crippen molar-refractivity contribution in [2.24, 2.45) is 0 Å².